The van der Waals surface area contributed by atoms with Gasteiger partial charge in [-0.2, -0.15) is 0 Å². The van der Waals surface area contributed by atoms with Crippen LogP contribution in [0.2, 0.25) is 0 Å². The summed E-state index contributed by atoms with van der Waals surface area (Å²) < 4.78 is 32.7. The number of hydrogen-bond donors (Lipinski definition) is 2. The first kappa shape index (κ1) is 44.6. The maximum atomic E-state index is 12.2. The average Bonchev–Trinajstić information content (AvgIpc) is 3.13. The molecule has 0 saturated heterocycles. The molecule has 0 bridgehead atoms. The van der Waals surface area contributed by atoms with Crippen LogP contribution >= 0.6 is 0 Å². The molecular weight excluding hydrogens is 684 g/mol. The van der Waals surface area contributed by atoms with E-state index in [0.717, 1.165) is 39.7 Å². The third kappa shape index (κ3) is 10.3. The Kier molecular flexibility index (Phi) is 16.2. The van der Waals surface area contributed by atoms with Gasteiger partial charge in [0.25, 0.3) is 0 Å². The molecule has 54 heavy (non-hydrogen) atoms. The van der Waals surface area contributed by atoms with E-state index in [9.17, 15) is 15.0 Å². The molecule has 0 fully saturated rings. The molecule has 0 radical (unpaired) electrons. The van der Waals surface area contributed by atoms with Crippen molar-refractivity contribution in [1.82, 2.24) is 0 Å². The Labute approximate surface area is 322 Å². The normalized spacial score (nSPS) is 13.5. The Hall–Kier alpha value is -3.83. The Morgan fingerprint density at radius 3 is 1.28 bits per heavy atom. The van der Waals surface area contributed by atoms with Crippen molar-refractivity contribution in [1.29, 1.82) is 0 Å². The van der Waals surface area contributed by atoms with Gasteiger partial charge in [-0.05, 0) is 57.7 Å². The quantitative estimate of drug-likeness (QED) is 0.0823. The second-order valence-corrected chi connectivity index (χ2v) is 15.4. The number of methoxy groups -OCH3 is 6. The molecule has 2 N–H and O–H groups in total. The van der Waals surface area contributed by atoms with Gasteiger partial charge >= 0.3 is 0 Å². The molecule has 0 aliphatic heterocycles. The maximum absolute atomic E-state index is 12.2. The summed E-state index contributed by atoms with van der Waals surface area (Å²) in [4.78, 5) is 12.2. The van der Waals surface area contributed by atoms with Crippen LogP contribution in [0.3, 0.4) is 0 Å². The third-order valence-corrected chi connectivity index (χ3v) is 10.5. The SMILES string of the molecule is COC/C=C/C(=CC(C=O)COC)C(C)(C)c1cc(C(C)(C)c2cc(COC)c(O)c(COC)c2)cc(C(C)(C)c2cc(COC)c(O)c(COC)c2)c1. The van der Waals surface area contributed by atoms with Crippen LogP contribution in [0.25, 0.3) is 0 Å². The molecule has 0 aromatic heterocycles. The van der Waals surface area contributed by atoms with Crippen molar-refractivity contribution in [3.05, 3.63) is 116 Å². The van der Waals surface area contributed by atoms with E-state index in [2.05, 4.69) is 59.7 Å². The van der Waals surface area contributed by atoms with Crippen molar-refractivity contribution >= 4 is 6.29 Å². The van der Waals surface area contributed by atoms with Gasteiger partial charge in [0.15, 0.2) is 0 Å². The first-order valence-electron chi connectivity index (χ1n) is 18.2. The second-order valence-electron chi connectivity index (χ2n) is 15.4. The van der Waals surface area contributed by atoms with Gasteiger partial charge in [-0.15, -0.1) is 0 Å². The van der Waals surface area contributed by atoms with Gasteiger partial charge in [0.2, 0.25) is 0 Å². The number of ether oxygens (including phenoxy) is 6. The lowest BCUT2D eigenvalue weighted by atomic mass is 9.68. The van der Waals surface area contributed by atoms with Crippen LogP contribution in [0, 0.1) is 5.92 Å². The molecule has 9 nitrogen and oxygen atoms in total. The standard InChI is InChI=1S/C45H62O9/c1-43(2,35(14-13-15-49-7)16-30(24-46)25-50-8)38-21-39(44(3,4)36-17-31(26-51-9)41(47)32(18-36)27-52-10)23-40(22-38)45(5,6)37-19-33(28-53-11)42(48)34(20-37)29-54-12/h13-14,16-24,30,47-48H,15,25-29H2,1-12H3/b14-13+,35-16?. The summed E-state index contributed by atoms with van der Waals surface area (Å²) in [6.45, 7) is 14.7. The molecule has 0 amide bonds. The summed E-state index contributed by atoms with van der Waals surface area (Å²) in [5, 5.41) is 22.2. The number of carbonyl (C=O) groups is 1. The summed E-state index contributed by atoms with van der Waals surface area (Å²) in [6.07, 6.45) is 6.88. The summed E-state index contributed by atoms with van der Waals surface area (Å²) in [5.74, 6) is -0.114. The lowest BCUT2D eigenvalue weighted by molar-refractivity contribution is -0.111. The van der Waals surface area contributed by atoms with Crippen LogP contribution in [0.5, 0.6) is 11.5 Å². The molecule has 3 rings (SSSR count). The Bertz CT molecular complexity index is 1620. The highest BCUT2D eigenvalue weighted by Gasteiger charge is 2.34. The summed E-state index contributed by atoms with van der Waals surface area (Å²) in [6, 6.07) is 14.8. The van der Waals surface area contributed by atoms with Gasteiger partial charge < -0.3 is 43.4 Å². The van der Waals surface area contributed by atoms with Gasteiger partial charge in [-0.1, -0.05) is 78.0 Å². The zero-order valence-electron chi connectivity index (χ0n) is 34.4. The van der Waals surface area contributed by atoms with Gasteiger partial charge in [-0.3, -0.25) is 0 Å². The average molecular weight is 747 g/mol. The molecule has 296 valence electrons. The smallest absolute Gasteiger partial charge is 0.129 e. The molecule has 3 aromatic rings. The Morgan fingerprint density at radius 2 is 0.944 bits per heavy atom. The van der Waals surface area contributed by atoms with Crippen molar-refractivity contribution in [2.75, 3.05) is 55.9 Å². The zero-order valence-corrected chi connectivity index (χ0v) is 34.4. The van der Waals surface area contributed by atoms with Crippen molar-refractivity contribution in [2.45, 2.75) is 84.2 Å². The molecule has 0 aliphatic rings. The second kappa shape index (κ2) is 19.7. The van der Waals surface area contributed by atoms with E-state index in [0.29, 0.717) is 28.9 Å². The zero-order chi connectivity index (χ0) is 40.3. The molecule has 0 aliphatic carbocycles. The highest BCUT2D eigenvalue weighted by molar-refractivity contribution is 5.59. The topological polar surface area (TPSA) is 113 Å². The number of rotatable bonds is 21. The van der Waals surface area contributed by atoms with Gasteiger partial charge in [0.05, 0.1) is 45.6 Å². The van der Waals surface area contributed by atoms with E-state index < -0.39 is 22.2 Å². The van der Waals surface area contributed by atoms with Crippen LogP contribution in [-0.2, 0) is 75.9 Å². The van der Waals surface area contributed by atoms with E-state index in [1.807, 2.05) is 42.5 Å². The van der Waals surface area contributed by atoms with Crippen LogP contribution < -0.4 is 0 Å². The fraction of sp³-hybridized carbons (Fsp3) is 0.489. The minimum atomic E-state index is -0.592. The van der Waals surface area contributed by atoms with Crippen LogP contribution in [0.15, 0.2) is 66.3 Å². The van der Waals surface area contributed by atoms with Crippen molar-refractivity contribution in [3.63, 3.8) is 0 Å². The van der Waals surface area contributed by atoms with Crippen molar-refractivity contribution in [3.8, 4) is 11.5 Å². The molecule has 0 saturated carbocycles. The number of phenolic OH excluding ortho intramolecular Hbond substituents is 2. The predicted octanol–water partition coefficient (Wildman–Crippen LogP) is 8.20. The number of allylic oxidation sites excluding steroid dienone is 2. The summed E-state index contributed by atoms with van der Waals surface area (Å²) in [5.41, 5.74) is 7.05. The third-order valence-electron chi connectivity index (χ3n) is 10.5. The van der Waals surface area contributed by atoms with E-state index in [1.165, 1.54) is 0 Å². The maximum Gasteiger partial charge on any atom is 0.129 e. The molecular formula is C45H62O9. The number of carbonyl (C=O) groups excluding carboxylic acids is 1. The minimum absolute atomic E-state index is 0.166. The Morgan fingerprint density at radius 1 is 0.574 bits per heavy atom. The van der Waals surface area contributed by atoms with Crippen LogP contribution in [0.4, 0.5) is 0 Å². The van der Waals surface area contributed by atoms with E-state index in [-0.39, 0.29) is 44.5 Å². The highest BCUT2D eigenvalue weighted by Crippen LogP contribution is 2.44. The van der Waals surface area contributed by atoms with Crippen LogP contribution in [0.1, 0.15) is 91.6 Å². The number of aldehydes is 1. The number of hydrogen-bond acceptors (Lipinski definition) is 9. The van der Waals surface area contributed by atoms with Gasteiger partial charge in [-0.25, -0.2) is 0 Å². The number of aromatic hydroxyl groups is 2. The summed E-state index contributed by atoms with van der Waals surface area (Å²) in [7, 11) is 9.69. The molecule has 1 atom stereocenters. The van der Waals surface area contributed by atoms with Gasteiger partial charge in [0, 0.05) is 81.2 Å². The first-order valence-corrected chi connectivity index (χ1v) is 18.2. The molecule has 1 unspecified atom stereocenters. The Balaban J connectivity index is 2.47. The molecule has 0 heterocycles. The molecule has 3 aromatic carbocycles. The van der Waals surface area contributed by atoms with Crippen LogP contribution in [-0.4, -0.2) is 72.4 Å². The number of benzene rings is 3. The first-order chi connectivity index (χ1) is 25.6. The monoisotopic (exact) mass is 746 g/mol. The van der Waals surface area contributed by atoms with E-state index >= 15 is 0 Å². The predicted molar refractivity (Wildman–Crippen MR) is 213 cm³/mol. The molecule has 0 spiro atoms. The lowest BCUT2D eigenvalue weighted by Crippen LogP contribution is -2.28. The minimum Gasteiger partial charge on any atom is -0.507 e. The largest absolute Gasteiger partial charge is 0.507 e. The van der Waals surface area contributed by atoms with E-state index in [4.69, 9.17) is 28.4 Å². The number of phenols is 2. The fourth-order valence-electron chi connectivity index (χ4n) is 6.81. The molecule has 9 heteroatoms. The lowest BCUT2D eigenvalue weighted by Gasteiger charge is -2.36. The summed E-state index contributed by atoms with van der Waals surface area (Å²) >= 11 is 0. The van der Waals surface area contributed by atoms with Crippen molar-refractivity contribution < 1.29 is 43.4 Å². The van der Waals surface area contributed by atoms with Crippen molar-refractivity contribution in [2.24, 2.45) is 5.92 Å². The van der Waals surface area contributed by atoms with E-state index in [1.54, 1.807) is 42.7 Å². The fourth-order valence-corrected chi connectivity index (χ4v) is 6.81. The highest BCUT2D eigenvalue weighted by atomic mass is 16.5. The van der Waals surface area contributed by atoms with Gasteiger partial charge in [0.1, 0.15) is 17.8 Å².